The number of benzene rings is 3. The molecule has 0 saturated heterocycles. The second-order valence-corrected chi connectivity index (χ2v) is 9.37. The van der Waals surface area contributed by atoms with Crippen molar-refractivity contribution in [2.24, 2.45) is 0 Å². The second-order valence-electron chi connectivity index (χ2n) is 8.55. The highest BCUT2D eigenvalue weighted by Crippen LogP contribution is 2.24. The first-order chi connectivity index (χ1) is 17.4. The van der Waals surface area contributed by atoms with Gasteiger partial charge in [-0.3, -0.25) is 9.59 Å². The monoisotopic (exact) mass is 526 g/mol. The van der Waals surface area contributed by atoms with E-state index in [0.717, 1.165) is 24.0 Å². The molecule has 5 nitrogen and oxygen atoms in total. The summed E-state index contributed by atoms with van der Waals surface area (Å²) < 4.78 is 5.82. The van der Waals surface area contributed by atoms with Crippen LogP contribution in [0.15, 0.2) is 72.8 Å². The fourth-order valence-corrected chi connectivity index (χ4v) is 4.12. The third kappa shape index (κ3) is 8.00. The van der Waals surface area contributed by atoms with E-state index in [1.54, 1.807) is 17.0 Å². The third-order valence-corrected chi connectivity index (χ3v) is 6.59. The lowest BCUT2D eigenvalue weighted by molar-refractivity contribution is -0.142. The number of aryl methyl sites for hydroxylation is 1. The Morgan fingerprint density at radius 2 is 1.58 bits per heavy atom. The van der Waals surface area contributed by atoms with Crippen molar-refractivity contribution in [2.75, 3.05) is 13.2 Å². The molecule has 0 aliphatic rings. The molecular weight excluding hydrogens is 495 g/mol. The van der Waals surface area contributed by atoms with E-state index in [4.69, 9.17) is 27.9 Å². The largest absolute Gasteiger partial charge is 0.484 e. The van der Waals surface area contributed by atoms with Crippen LogP contribution in [0.4, 0.5) is 0 Å². The molecule has 0 saturated carbocycles. The van der Waals surface area contributed by atoms with Gasteiger partial charge in [0.15, 0.2) is 6.61 Å². The molecule has 0 bridgehead atoms. The van der Waals surface area contributed by atoms with Crippen LogP contribution in [0.1, 0.15) is 37.0 Å². The van der Waals surface area contributed by atoms with Gasteiger partial charge in [0.1, 0.15) is 11.8 Å². The fraction of sp³-hybridized carbons (Fsp3) is 0.310. The Bertz CT molecular complexity index is 1140. The van der Waals surface area contributed by atoms with Gasteiger partial charge in [0.05, 0.1) is 10.0 Å². The van der Waals surface area contributed by atoms with Crippen molar-refractivity contribution in [1.29, 1.82) is 0 Å². The minimum absolute atomic E-state index is 0.185. The number of hydrogen-bond donors (Lipinski definition) is 1. The minimum Gasteiger partial charge on any atom is -0.484 e. The molecule has 3 rings (SSSR count). The van der Waals surface area contributed by atoms with Gasteiger partial charge in [0.2, 0.25) is 5.91 Å². The Kier molecular flexibility index (Phi) is 10.6. The van der Waals surface area contributed by atoms with Crippen LogP contribution in [0, 0.1) is 0 Å². The topological polar surface area (TPSA) is 58.6 Å². The molecule has 0 radical (unpaired) electrons. The number of nitrogens with zero attached hydrogens (tertiary/aromatic N) is 1. The van der Waals surface area contributed by atoms with Crippen LogP contribution >= 0.6 is 23.2 Å². The quantitative estimate of drug-likeness (QED) is 0.310. The van der Waals surface area contributed by atoms with Gasteiger partial charge in [-0.15, -0.1) is 0 Å². The summed E-state index contributed by atoms with van der Waals surface area (Å²) in [6.07, 6.45) is 2.08. The van der Waals surface area contributed by atoms with Crippen molar-refractivity contribution in [3.8, 4) is 5.75 Å². The molecule has 1 atom stereocenters. The summed E-state index contributed by atoms with van der Waals surface area (Å²) in [5, 5.41) is 3.78. The number of amides is 2. The van der Waals surface area contributed by atoms with Crippen molar-refractivity contribution in [3.05, 3.63) is 99.5 Å². The molecule has 2 amide bonds. The average Bonchev–Trinajstić information content (AvgIpc) is 2.90. The van der Waals surface area contributed by atoms with Gasteiger partial charge in [0, 0.05) is 19.5 Å². The summed E-state index contributed by atoms with van der Waals surface area (Å²) in [7, 11) is 0. The second kappa shape index (κ2) is 13.9. The van der Waals surface area contributed by atoms with Crippen molar-refractivity contribution in [2.45, 2.75) is 45.7 Å². The smallest absolute Gasteiger partial charge is 0.261 e. The molecule has 3 aromatic carbocycles. The number of ether oxygens (including phenoxy) is 1. The number of carbonyl (C=O) groups excluding carboxylic acids is 2. The standard InChI is InChI=1S/C29H32Cl2N2O3/c1-3-16-32-29(35)27(18-22-8-6-5-7-9-22)33(19-23-12-15-25(30)26(31)17-23)28(34)20-36-24-13-10-21(4-2)11-14-24/h5-15,17,27H,3-4,16,18-20H2,1-2H3,(H,32,35)/t27-/m0/s1. The van der Waals surface area contributed by atoms with Crippen LogP contribution in [0.2, 0.25) is 10.0 Å². The Balaban J connectivity index is 1.89. The van der Waals surface area contributed by atoms with E-state index >= 15 is 0 Å². The zero-order valence-electron chi connectivity index (χ0n) is 20.7. The van der Waals surface area contributed by atoms with E-state index in [1.807, 2.05) is 67.6 Å². The van der Waals surface area contributed by atoms with E-state index in [0.29, 0.717) is 28.8 Å². The maximum absolute atomic E-state index is 13.6. The summed E-state index contributed by atoms with van der Waals surface area (Å²) in [6, 6.07) is 21.8. The van der Waals surface area contributed by atoms with Gasteiger partial charge >= 0.3 is 0 Å². The maximum atomic E-state index is 13.6. The normalized spacial score (nSPS) is 11.6. The van der Waals surface area contributed by atoms with Crippen molar-refractivity contribution in [3.63, 3.8) is 0 Å². The van der Waals surface area contributed by atoms with Crippen LogP contribution in [-0.4, -0.2) is 35.9 Å². The Labute approximate surface area is 223 Å². The molecule has 3 aromatic rings. The molecule has 7 heteroatoms. The molecular formula is C29H32Cl2N2O3. The summed E-state index contributed by atoms with van der Waals surface area (Å²) in [5.74, 6) is 0.0970. The highest BCUT2D eigenvalue weighted by Gasteiger charge is 2.30. The van der Waals surface area contributed by atoms with Gasteiger partial charge < -0.3 is 15.0 Å². The van der Waals surface area contributed by atoms with Gasteiger partial charge in [-0.05, 0) is 53.8 Å². The molecule has 190 valence electrons. The lowest BCUT2D eigenvalue weighted by Gasteiger charge is -2.31. The summed E-state index contributed by atoms with van der Waals surface area (Å²) in [5.41, 5.74) is 2.91. The molecule has 0 spiro atoms. The van der Waals surface area contributed by atoms with E-state index in [2.05, 4.69) is 12.2 Å². The number of nitrogens with one attached hydrogen (secondary N) is 1. The zero-order valence-corrected chi connectivity index (χ0v) is 22.2. The Hall–Kier alpha value is -3.02. The number of carbonyl (C=O) groups is 2. The van der Waals surface area contributed by atoms with Crippen LogP contribution < -0.4 is 10.1 Å². The lowest BCUT2D eigenvalue weighted by atomic mass is 10.0. The molecule has 0 aliphatic heterocycles. The van der Waals surface area contributed by atoms with Crippen LogP contribution in [-0.2, 0) is 29.0 Å². The highest BCUT2D eigenvalue weighted by molar-refractivity contribution is 6.42. The summed E-state index contributed by atoms with van der Waals surface area (Å²) in [6.45, 7) is 4.59. The van der Waals surface area contributed by atoms with Crippen molar-refractivity contribution in [1.82, 2.24) is 10.2 Å². The molecule has 1 N–H and O–H groups in total. The van der Waals surface area contributed by atoms with Gasteiger partial charge in [0.25, 0.3) is 5.91 Å². The maximum Gasteiger partial charge on any atom is 0.261 e. The van der Waals surface area contributed by atoms with Gasteiger partial charge in [-0.1, -0.05) is 85.6 Å². The average molecular weight is 527 g/mol. The predicted molar refractivity (Wildman–Crippen MR) is 146 cm³/mol. The number of rotatable bonds is 12. The van der Waals surface area contributed by atoms with E-state index in [9.17, 15) is 9.59 Å². The number of hydrogen-bond acceptors (Lipinski definition) is 3. The molecule has 0 unspecified atom stereocenters. The fourth-order valence-electron chi connectivity index (χ4n) is 3.80. The van der Waals surface area contributed by atoms with Crippen LogP contribution in [0.3, 0.4) is 0 Å². The first kappa shape index (κ1) is 27.6. The first-order valence-electron chi connectivity index (χ1n) is 12.2. The van der Waals surface area contributed by atoms with Gasteiger partial charge in [-0.25, -0.2) is 0 Å². The summed E-state index contributed by atoms with van der Waals surface area (Å²) in [4.78, 5) is 28.5. The van der Waals surface area contributed by atoms with E-state index in [1.165, 1.54) is 5.56 Å². The molecule has 0 heterocycles. The Morgan fingerprint density at radius 3 is 2.22 bits per heavy atom. The summed E-state index contributed by atoms with van der Waals surface area (Å²) >= 11 is 12.3. The minimum atomic E-state index is -0.730. The van der Waals surface area contributed by atoms with Crippen LogP contribution in [0.25, 0.3) is 0 Å². The highest BCUT2D eigenvalue weighted by atomic mass is 35.5. The van der Waals surface area contributed by atoms with E-state index < -0.39 is 6.04 Å². The molecule has 36 heavy (non-hydrogen) atoms. The van der Waals surface area contributed by atoms with Crippen molar-refractivity contribution >= 4 is 35.0 Å². The van der Waals surface area contributed by atoms with E-state index in [-0.39, 0.29) is 25.0 Å². The Morgan fingerprint density at radius 1 is 0.889 bits per heavy atom. The van der Waals surface area contributed by atoms with Gasteiger partial charge in [-0.2, -0.15) is 0 Å². The molecule has 0 fully saturated rings. The molecule has 0 aromatic heterocycles. The first-order valence-corrected chi connectivity index (χ1v) is 12.9. The zero-order chi connectivity index (χ0) is 25.9. The lowest BCUT2D eigenvalue weighted by Crippen LogP contribution is -2.51. The third-order valence-electron chi connectivity index (χ3n) is 5.85. The van der Waals surface area contributed by atoms with Crippen LogP contribution in [0.5, 0.6) is 5.75 Å². The van der Waals surface area contributed by atoms with Crippen molar-refractivity contribution < 1.29 is 14.3 Å². The number of halogens is 2. The predicted octanol–water partition coefficient (Wildman–Crippen LogP) is 6.10. The SMILES string of the molecule is CCCNC(=O)[C@H](Cc1ccccc1)N(Cc1ccc(Cl)c(Cl)c1)C(=O)COc1ccc(CC)cc1. The molecule has 0 aliphatic carbocycles.